The molecule has 0 aromatic rings. The van der Waals surface area contributed by atoms with E-state index in [0.717, 1.165) is 6.42 Å². The predicted octanol–water partition coefficient (Wildman–Crippen LogP) is 1.86. The van der Waals surface area contributed by atoms with Crippen LogP contribution < -0.4 is 0 Å². The fourth-order valence-corrected chi connectivity index (χ4v) is 6.73. The first-order valence-corrected chi connectivity index (χ1v) is 11.3. The highest BCUT2D eigenvalue weighted by molar-refractivity contribution is 8.16. The zero-order valence-electron chi connectivity index (χ0n) is 14.5. The number of hydrogen-bond donors (Lipinski definition) is 2. The van der Waals surface area contributed by atoms with Crippen LogP contribution in [-0.2, 0) is 25.1 Å². The number of amides is 1. The zero-order chi connectivity index (χ0) is 19.6. The molecule has 146 valence electrons. The maximum absolute atomic E-state index is 12.6. The Kier molecular flexibility index (Phi) is 7.67. The second-order valence-electron chi connectivity index (χ2n) is 6.30. The highest BCUT2D eigenvalue weighted by Crippen LogP contribution is 2.40. The number of rotatable bonds is 7. The van der Waals surface area contributed by atoms with Crippen LogP contribution >= 0.6 is 36.0 Å². The Morgan fingerprint density at radius 2 is 2.27 bits per heavy atom. The lowest BCUT2D eigenvalue weighted by Crippen LogP contribution is -2.63. The molecule has 1 N–H and O–H groups in total. The van der Waals surface area contributed by atoms with Gasteiger partial charge in [-0.15, -0.1) is 24.4 Å². The van der Waals surface area contributed by atoms with E-state index in [2.05, 4.69) is 19.2 Å². The molecule has 2 aliphatic rings. The molecule has 0 aromatic carbocycles. The van der Waals surface area contributed by atoms with Crippen molar-refractivity contribution in [3.05, 3.63) is 21.5 Å². The minimum atomic E-state index is -0.863. The maximum Gasteiger partial charge on any atom is 0.357 e. The van der Waals surface area contributed by atoms with Crippen molar-refractivity contribution < 1.29 is 23.6 Å². The van der Waals surface area contributed by atoms with Gasteiger partial charge in [0.1, 0.15) is 12.3 Å². The van der Waals surface area contributed by atoms with Gasteiger partial charge in [-0.1, -0.05) is 18.2 Å². The quantitative estimate of drug-likeness (QED) is 0.272. The van der Waals surface area contributed by atoms with E-state index in [1.54, 1.807) is 13.8 Å². The van der Waals surface area contributed by atoms with Gasteiger partial charge in [-0.25, -0.2) is 4.79 Å². The van der Waals surface area contributed by atoms with E-state index in [4.69, 9.17) is 16.3 Å². The molecule has 2 heterocycles. The van der Waals surface area contributed by atoms with Crippen LogP contribution in [0.5, 0.6) is 0 Å². The van der Waals surface area contributed by atoms with Crippen LogP contribution in [0, 0.1) is 5.92 Å². The fourth-order valence-electron chi connectivity index (χ4n) is 3.01. The molecule has 26 heavy (non-hydrogen) atoms. The number of esters is 1. The molecule has 2 aliphatic heterocycles. The summed E-state index contributed by atoms with van der Waals surface area (Å²) in [5, 5.41) is 9.98. The largest absolute Gasteiger partial charge is 0.455 e. The maximum atomic E-state index is 12.6. The van der Waals surface area contributed by atoms with E-state index in [1.165, 1.54) is 16.7 Å². The molecular formula is C16H22ClNO5S3. The van der Waals surface area contributed by atoms with Gasteiger partial charge in [0.15, 0.2) is 0 Å². The first-order valence-electron chi connectivity index (χ1n) is 8.09. The molecule has 2 saturated heterocycles. The van der Waals surface area contributed by atoms with Gasteiger partial charge in [0.2, 0.25) is 5.91 Å². The van der Waals surface area contributed by atoms with Gasteiger partial charge in [-0.3, -0.25) is 9.00 Å². The number of thioether (sulfide) groups is 1. The summed E-state index contributed by atoms with van der Waals surface area (Å²) >= 11 is 11.4. The van der Waals surface area contributed by atoms with E-state index in [0.29, 0.717) is 15.7 Å². The summed E-state index contributed by atoms with van der Waals surface area (Å²) in [6.07, 6.45) is -0.0657. The van der Waals surface area contributed by atoms with Crippen LogP contribution in [0.3, 0.4) is 0 Å². The highest BCUT2D eigenvalue weighted by Gasteiger charge is 2.51. The standard InChI is InChI=1S/C16H22ClNO5S3/c1-8(17)6-23-15(21)13(16(24)25-11-4-5-26(22)7-11)18-9(2)12(10(3)19)14(18)20/h9-12,19,24H,1,4-7H2,2-3H3/b16-13+/t9-,10?,11+,12?,26?/m1/s1. The average molecular weight is 440 g/mol. The SMILES string of the molecule is C=C(Cl)COC(=O)/C(=C(/S)S[C@H]1CCS(=O)C1)N1C(=O)C(C(C)O)[C@H]1C. The van der Waals surface area contributed by atoms with Crippen molar-refractivity contribution in [3.8, 4) is 0 Å². The number of β-lactam (4-membered cyclic amide) rings is 1. The van der Waals surface area contributed by atoms with Gasteiger partial charge in [-0.2, -0.15) is 0 Å². The summed E-state index contributed by atoms with van der Waals surface area (Å²) < 4.78 is 17.0. The molecule has 6 nitrogen and oxygen atoms in total. The van der Waals surface area contributed by atoms with Crippen molar-refractivity contribution in [2.45, 2.75) is 37.7 Å². The zero-order valence-corrected chi connectivity index (χ0v) is 17.8. The highest BCUT2D eigenvalue weighted by atomic mass is 35.5. The molecule has 1 amide bonds. The Morgan fingerprint density at radius 3 is 2.73 bits per heavy atom. The molecule has 10 heteroatoms. The number of thiol groups is 1. The Bertz CT molecular complexity index is 666. The fraction of sp³-hybridized carbons (Fsp3) is 0.625. The molecule has 5 atom stereocenters. The first kappa shape index (κ1) is 21.8. The van der Waals surface area contributed by atoms with Gasteiger partial charge in [0.25, 0.3) is 0 Å². The lowest BCUT2D eigenvalue weighted by Gasteiger charge is -2.47. The molecule has 0 spiro atoms. The van der Waals surface area contributed by atoms with Gasteiger partial charge in [0.05, 0.1) is 16.3 Å². The molecule has 0 radical (unpaired) electrons. The van der Waals surface area contributed by atoms with Gasteiger partial charge in [0, 0.05) is 38.6 Å². The lowest BCUT2D eigenvalue weighted by atomic mass is 9.84. The smallest absolute Gasteiger partial charge is 0.357 e. The first-order chi connectivity index (χ1) is 12.1. The second kappa shape index (κ2) is 9.14. The number of nitrogens with zero attached hydrogens (tertiary/aromatic N) is 1. The molecule has 2 fully saturated rings. The molecule has 0 saturated carbocycles. The minimum Gasteiger partial charge on any atom is -0.455 e. The van der Waals surface area contributed by atoms with Crippen LogP contribution in [0.1, 0.15) is 20.3 Å². The number of carbonyl (C=O) groups excluding carboxylic acids is 2. The number of aliphatic hydroxyl groups excluding tert-OH is 1. The van der Waals surface area contributed by atoms with E-state index >= 15 is 0 Å². The van der Waals surface area contributed by atoms with Gasteiger partial charge in [-0.05, 0) is 20.3 Å². The van der Waals surface area contributed by atoms with E-state index in [9.17, 15) is 18.9 Å². The van der Waals surface area contributed by atoms with Crippen LogP contribution in [0.25, 0.3) is 0 Å². The van der Waals surface area contributed by atoms with Crippen LogP contribution in [0.15, 0.2) is 21.5 Å². The van der Waals surface area contributed by atoms with Gasteiger partial charge < -0.3 is 14.7 Å². The van der Waals surface area contributed by atoms with Crippen molar-refractivity contribution >= 4 is 58.7 Å². The molecule has 0 aromatic heterocycles. The molecule has 0 aliphatic carbocycles. The summed E-state index contributed by atoms with van der Waals surface area (Å²) in [4.78, 5) is 26.4. The summed E-state index contributed by atoms with van der Waals surface area (Å²) in [6.45, 7) is 6.58. The Morgan fingerprint density at radius 1 is 1.62 bits per heavy atom. The molecule has 3 unspecified atom stereocenters. The minimum absolute atomic E-state index is 0.0309. The van der Waals surface area contributed by atoms with Crippen molar-refractivity contribution in [1.29, 1.82) is 0 Å². The monoisotopic (exact) mass is 439 g/mol. The van der Waals surface area contributed by atoms with E-state index in [-0.39, 0.29) is 34.5 Å². The van der Waals surface area contributed by atoms with Crippen molar-refractivity contribution in [2.24, 2.45) is 5.92 Å². The third kappa shape index (κ3) is 4.86. The summed E-state index contributed by atoms with van der Waals surface area (Å²) in [5.41, 5.74) is 0.0309. The topological polar surface area (TPSA) is 83.9 Å². The van der Waals surface area contributed by atoms with E-state index < -0.39 is 28.8 Å². The number of carbonyl (C=O) groups is 2. The van der Waals surface area contributed by atoms with Gasteiger partial charge >= 0.3 is 5.97 Å². The number of aliphatic hydroxyl groups is 1. The predicted molar refractivity (Wildman–Crippen MR) is 107 cm³/mol. The van der Waals surface area contributed by atoms with Crippen molar-refractivity contribution in [3.63, 3.8) is 0 Å². The molecule has 0 bridgehead atoms. The van der Waals surface area contributed by atoms with Crippen LogP contribution in [-0.4, -0.2) is 61.6 Å². The number of ether oxygens (including phenoxy) is 1. The molecular weight excluding hydrogens is 418 g/mol. The Balaban J connectivity index is 2.25. The summed E-state index contributed by atoms with van der Waals surface area (Å²) in [5.74, 6) is -0.520. The van der Waals surface area contributed by atoms with Crippen molar-refractivity contribution in [1.82, 2.24) is 4.90 Å². The Labute approximate surface area is 170 Å². The number of likely N-dealkylation sites (tertiary alicyclic amines) is 1. The molecule has 2 rings (SSSR count). The summed E-state index contributed by atoms with van der Waals surface area (Å²) in [7, 11) is -0.863. The summed E-state index contributed by atoms with van der Waals surface area (Å²) in [6, 6.07) is -0.371. The third-order valence-corrected chi connectivity index (χ3v) is 7.75. The Hall–Kier alpha value is -0.480. The van der Waals surface area contributed by atoms with Crippen molar-refractivity contribution in [2.75, 3.05) is 18.1 Å². The number of halogens is 1. The number of hydrogen-bond acceptors (Lipinski definition) is 7. The normalized spacial score (nSPS) is 30.5. The third-order valence-electron chi connectivity index (χ3n) is 4.28. The second-order valence-corrected chi connectivity index (χ2v) is 10.5. The van der Waals surface area contributed by atoms with Crippen LogP contribution in [0.4, 0.5) is 0 Å². The van der Waals surface area contributed by atoms with Crippen LogP contribution in [0.2, 0.25) is 0 Å². The van der Waals surface area contributed by atoms with E-state index in [1.807, 2.05) is 0 Å². The average Bonchev–Trinajstić information content (AvgIpc) is 2.94. The lowest BCUT2D eigenvalue weighted by molar-refractivity contribution is -0.163.